The second-order valence-electron chi connectivity index (χ2n) is 4.41. The third kappa shape index (κ3) is 3.36. The summed E-state index contributed by atoms with van der Waals surface area (Å²) in [4.78, 5) is 10.7. The van der Waals surface area contributed by atoms with Crippen molar-refractivity contribution in [2.24, 2.45) is 5.73 Å². The normalized spacial score (nSPS) is 16.5. The van der Waals surface area contributed by atoms with Crippen LogP contribution in [-0.2, 0) is 16.0 Å². The molecule has 0 aromatic heterocycles. The van der Waals surface area contributed by atoms with Crippen LogP contribution in [-0.4, -0.2) is 43.5 Å². The summed E-state index contributed by atoms with van der Waals surface area (Å²) < 4.78 is 16.0. The lowest BCUT2D eigenvalue weighted by Crippen LogP contribution is -2.38. The molecule has 3 N–H and O–H groups in total. The van der Waals surface area contributed by atoms with E-state index >= 15 is 0 Å². The van der Waals surface area contributed by atoms with Crippen LogP contribution in [0.1, 0.15) is 5.56 Å². The van der Waals surface area contributed by atoms with E-state index < -0.39 is 12.0 Å². The Morgan fingerprint density at radius 2 is 2.26 bits per heavy atom. The van der Waals surface area contributed by atoms with Crippen LogP contribution in [0.15, 0.2) is 18.2 Å². The molecule has 2 rings (SSSR count). The summed E-state index contributed by atoms with van der Waals surface area (Å²) >= 11 is 0. The molecule has 1 atom stereocenters. The van der Waals surface area contributed by atoms with Gasteiger partial charge in [-0.2, -0.15) is 0 Å². The van der Waals surface area contributed by atoms with Gasteiger partial charge in [-0.05, 0) is 24.1 Å². The van der Waals surface area contributed by atoms with Crippen LogP contribution in [0.4, 0.5) is 0 Å². The van der Waals surface area contributed by atoms with Gasteiger partial charge < -0.3 is 25.1 Å². The first-order valence-electron chi connectivity index (χ1n) is 6.00. The van der Waals surface area contributed by atoms with Gasteiger partial charge in [0.2, 0.25) is 0 Å². The summed E-state index contributed by atoms with van der Waals surface area (Å²) in [6.07, 6.45) is 0.272. The van der Waals surface area contributed by atoms with E-state index in [-0.39, 0.29) is 12.5 Å². The van der Waals surface area contributed by atoms with Gasteiger partial charge in [-0.1, -0.05) is 6.07 Å². The first-order chi connectivity index (χ1) is 9.10. The fourth-order valence-electron chi connectivity index (χ4n) is 1.74. The summed E-state index contributed by atoms with van der Waals surface area (Å²) in [5.41, 5.74) is 6.31. The molecule has 6 nitrogen and oxygen atoms in total. The van der Waals surface area contributed by atoms with Crippen LogP contribution in [0.25, 0.3) is 0 Å². The van der Waals surface area contributed by atoms with Crippen molar-refractivity contribution in [1.29, 1.82) is 0 Å². The van der Waals surface area contributed by atoms with E-state index in [4.69, 9.17) is 25.1 Å². The first kappa shape index (κ1) is 13.6. The molecule has 6 heteroatoms. The standard InChI is InChI=1S/C13H17NO5/c1-17-11-3-2-8(4-10(14)13(15)16)5-12(11)19-9-6-18-7-9/h2-3,5,9-10H,4,6-7,14H2,1H3,(H,15,16). The van der Waals surface area contributed by atoms with E-state index in [1.54, 1.807) is 25.3 Å². The van der Waals surface area contributed by atoms with Crippen LogP contribution in [0, 0.1) is 0 Å². The molecule has 1 aliphatic rings. The summed E-state index contributed by atoms with van der Waals surface area (Å²) in [5, 5.41) is 8.81. The lowest BCUT2D eigenvalue weighted by Gasteiger charge is -2.27. The Bertz CT molecular complexity index is 458. The van der Waals surface area contributed by atoms with Crippen LogP contribution in [0.2, 0.25) is 0 Å². The van der Waals surface area contributed by atoms with Crippen molar-refractivity contribution in [3.8, 4) is 11.5 Å². The van der Waals surface area contributed by atoms with Gasteiger partial charge in [0.1, 0.15) is 12.1 Å². The number of carbonyl (C=O) groups is 1. The summed E-state index contributed by atoms with van der Waals surface area (Å²) in [6, 6.07) is 4.37. The molecular formula is C13H17NO5. The van der Waals surface area contributed by atoms with Crippen molar-refractivity contribution in [3.63, 3.8) is 0 Å². The molecule has 104 valence electrons. The molecule has 1 saturated heterocycles. The molecule has 1 aliphatic heterocycles. The molecule has 1 aromatic carbocycles. The van der Waals surface area contributed by atoms with Crippen LogP contribution in [0.3, 0.4) is 0 Å². The van der Waals surface area contributed by atoms with Crippen LogP contribution < -0.4 is 15.2 Å². The monoisotopic (exact) mass is 267 g/mol. The SMILES string of the molecule is COc1ccc(CC(N)C(=O)O)cc1OC1COC1. The molecule has 1 aromatic rings. The highest BCUT2D eigenvalue weighted by molar-refractivity contribution is 5.73. The largest absolute Gasteiger partial charge is 0.493 e. The predicted octanol–water partition coefficient (Wildman–Crippen LogP) is 0.427. The highest BCUT2D eigenvalue weighted by Crippen LogP contribution is 2.30. The maximum Gasteiger partial charge on any atom is 0.320 e. The van der Waals surface area contributed by atoms with E-state index in [2.05, 4.69) is 0 Å². The van der Waals surface area contributed by atoms with Gasteiger partial charge in [-0.15, -0.1) is 0 Å². The molecule has 0 spiro atoms. The van der Waals surface area contributed by atoms with E-state index in [0.29, 0.717) is 24.7 Å². The Kier molecular flexibility index (Phi) is 4.24. The zero-order valence-corrected chi connectivity index (χ0v) is 10.7. The average molecular weight is 267 g/mol. The number of ether oxygens (including phenoxy) is 3. The van der Waals surface area contributed by atoms with Crippen molar-refractivity contribution in [1.82, 2.24) is 0 Å². The van der Waals surface area contributed by atoms with Crippen molar-refractivity contribution in [2.45, 2.75) is 18.6 Å². The molecule has 0 radical (unpaired) electrons. The fraction of sp³-hybridized carbons (Fsp3) is 0.462. The molecule has 19 heavy (non-hydrogen) atoms. The Morgan fingerprint density at radius 1 is 1.53 bits per heavy atom. The molecule has 0 amide bonds. The molecule has 0 bridgehead atoms. The third-order valence-electron chi connectivity index (χ3n) is 2.90. The number of hydrogen-bond donors (Lipinski definition) is 2. The number of methoxy groups -OCH3 is 1. The molecule has 1 fully saturated rings. The van der Waals surface area contributed by atoms with Crippen molar-refractivity contribution in [2.75, 3.05) is 20.3 Å². The topological polar surface area (TPSA) is 91.0 Å². The fourth-order valence-corrected chi connectivity index (χ4v) is 1.74. The summed E-state index contributed by atoms with van der Waals surface area (Å²) in [7, 11) is 1.56. The Labute approximate surface area is 111 Å². The highest BCUT2D eigenvalue weighted by Gasteiger charge is 2.22. The molecule has 1 unspecified atom stereocenters. The average Bonchev–Trinajstić information content (AvgIpc) is 2.34. The van der Waals surface area contributed by atoms with E-state index in [1.807, 2.05) is 0 Å². The molecule has 0 saturated carbocycles. The van der Waals surface area contributed by atoms with Gasteiger partial charge in [0.05, 0.1) is 20.3 Å². The number of aliphatic carboxylic acids is 1. The zero-order chi connectivity index (χ0) is 13.8. The van der Waals surface area contributed by atoms with Gasteiger partial charge in [0, 0.05) is 0 Å². The van der Waals surface area contributed by atoms with Gasteiger partial charge in [-0.3, -0.25) is 4.79 Å². The van der Waals surface area contributed by atoms with E-state index in [9.17, 15) is 4.79 Å². The second-order valence-corrected chi connectivity index (χ2v) is 4.41. The molecule has 0 aliphatic carbocycles. The molecule has 1 heterocycles. The third-order valence-corrected chi connectivity index (χ3v) is 2.90. The highest BCUT2D eigenvalue weighted by atomic mass is 16.6. The van der Waals surface area contributed by atoms with Gasteiger partial charge in [-0.25, -0.2) is 0 Å². The Hall–Kier alpha value is -1.79. The van der Waals surface area contributed by atoms with Crippen molar-refractivity contribution >= 4 is 5.97 Å². The predicted molar refractivity (Wildman–Crippen MR) is 67.5 cm³/mol. The number of rotatable bonds is 6. The van der Waals surface area contributed by atoms with Crippen LogP contribution in [0.5, 0.6) is 11.5 Å². The lowest BCUT2D eigenvalue weighted by molar-refractivity contribution is -0.138. The van der Waals surface area contributed by atoms with E-state index in [0.717, 1.165) is 5.56 Å². The van der Waals surface area contributed by atoms with Crippen LogP contribution >= 0.6 is 0 Å². The maximum atomic E-state index is 10.7. The zero-order valence-electron chi connectivity index (χ0n) is 10.7. The summed E-state index contributed by atoms with van der Waals surface area (Å²) in [5.74, 6) is 0.177. The number of carboxylic acid groups (broad SMARTS) is 1. The van der Waals surface area contributed by atoms with Gasteiger partial charge >= 0.3 is 5.97 Å². The molecular weight excluding hydrogens is 250 g/mol. The van der Waals surface area contributed by atoms with E-state index in [1.165, 1.54) is 0 Å². The van der Waals surface area contributed by atoms with Gasteiger partial charge in [0.15, 0.2) is 11.5 Å². The Balaban J connectivity index is 2.12. The number of hydrogen-bond acceptors (Lipinski definition) is 5. The lowest BCUT2D eigenvalue weighted by atomic mass is 10.1. The second kappa shape index (κ2) is 5.90. The van der Waals surface area contributed by atoms with Gasteiger partial charge in [0.25, 0.3) is 0 Å². The Morgan fingerprint density at radius 3 is 2.79 bits per heavy atom. The minimum Gasteiger partial charge on any atom is -0.493 e. The van der Waals surface area contributed by atoms with Crippen molar-refractivity contribution in [3.05, 3.63) is 23.8 Å². The summed E-state index contributed by atoms with van der Waals surface area (Å²) in [6.45, 7) is 1.12. The smallest absolute Gasteiger partial charge is 0.320 e. The first-order valence-corrected chi connectivity index (χ1v) is 6.00. The number of carboxylic acids is 1. The number of nitrogens with two attached hydrogens (primary N) is 1. The minimum absolute atomic E-state index is 0.0253. The maximum absolute atomic E-state index is 10.7. The number of benzene rings is 1. The van der Waals surface area contributed by atoms with Crippen molar-refractivity contribution < 1.29 is 24.1 Å². The minimum atomic E-state index is -1.02. The quantitative estimate of drug-likeness (QED) is 0.776.